The first kappa shape index (κ1) is 28.7. The molecule has 2 aromatic carbocycles. The van der Waals surface area contributed by atoms with Gasteiger partial charge in [0.25, 0.3) is 0 Å². The Morgan fingerprint density at radius 2 is 1.93 bits per heavy atom. The number of hydrogen-bond donors (Lipinski definition) is 0. The average Bonchev–Trinajstić information content (AvgIpc) is 3.76. The summed E-state index contributed by atoms with van der Waals surface area (Å²) < 4.78 is 55.0. The van der Waals surface area contributed by atoms with E-state index in [4.69, 9.17) is 14.5 Å². The lowest BCUT2D eigenvalue weighted by Crippen LogP contribution is -2.33. The third kappa shape index (κ3) is 5.54. The van der Waals surface area contributed by atoms with Crippen molar-refractivity contribution in [2.75, 3.05) is 31.1 Å². The predicted molar refractivity (Wildman–Crippen MR) is 151 cm³/mol. The van der Waals surface area contributed by atoms with E-state index in [1.54, 1.807) is 54.2 Å². The second-order valence-electron chi connectivity index (χ2n) is 10.1. The van der Waals surface area contributed by atoms with E-state index < -0.39 is 18.7 Å². The van der Waals surface area contributed by atoms with Crippen LogP contribution in [-0.4, -0.2) is 48.1 Å². The van der Waals surface area contributed by atoms with Gasteiger partial charge < -0.3 is 18.9 Å². The molecule has 0 unspecified atom stereocenters. The summed E-state index contributed by atoms with van der Waals surface area (Å²) >= 11 is 0. The molecular weight excluding hydrogens is 549 g/mol. The molecule has 0 N–H and O–H groups in total. The van der Waals surface area contributed by atoms with Crippen LogP contribution in [0.4, 0.5) is 30.5 Å². The number of fused-ring (bicyclic) bond motifs is 1. The summed E-state index contributed by atoms with van der Waals surface area (Å²) in [6, 6.07) is 11.0. The number of methoxy groups -OCH3 is 2. The zero-order valence-electron chi connectivity index (χ0n) is 23.6. The predicted octanol–water partition coefficient (Wildman–Crippen LogP) is 5.51. The molecule has 0 radical (unpaired) electrons. The summed E-state index contributed by atoms with van der Waals surface area (Å²) in [7, 11) is 6.35. The van der Waals surface area contributed by atoms with Crippen LogP contribution in [0.5, 0.6) is 11.5 Å². The first-order chi connectivity index (χ1) is 20.1. The van der Waals surface area contributed by atoms with Crippen LogP contribution in [0.25, 0.3) is 11.0 Å². The van der Waals surface area contributed by atoms with E-state index in [0.717, 1.165) is 18.9 Å². The fourth-order valence-corrected chi connectivity index (χ4v) is 4.95. The minimum Gasteiger partial charge on any atom is -0.497 e. The zero-order chi connectivity index (χ0) is 30.1. The Balaban J connectivity index is 1.67. The number of nitriles is 1. The fraction of sp³-hybridized carbons (Fsp3) is 0.333. The third-order valence-corrected chi connectivity index (χ3v) is 7.28. The number of nitrogens with zero attached hydrogens (tertiary/aromatic N) is 6. The number of aryl methyl sites for hydroxylation is 1. The molecule has 218 valence electrons. The molecule has 5 rings (SSSR count). The summed E-state index contributed by atoms with van der Waals surface area (Å²) in [4.78, 5) is 25.9. The molecule has 1 amide bonds. The van der Waals surface area contributed by atoms with Crippen molar-refractivity contribution in [1.82, 2.24) is 14.5 Å². The van der Waals surface area contributed by atoms with Crippen LogP contribution in [0.15, 0.2) is 42.7 Å². The Kier molecular flexibility index (Phi) is 7.93. The number of anilines is 3. The van der Waals surface area contributed by atoms with Crippen molar-refractivity contribution in [3.05, 3.63) is 65.2 Å². The summed E-state index contributed by atoms with van der Waals surface area (Å²) in [6.07, 6.45) is -0.449. The van der Waals surface area contributed by atoms with Gasteiger partial charge in [0.05, 0.1) is 49.9 Å². The number of carbonyl (C=O) groups excluding carboxylic acids is 1. The normalized spacial score (nSPS) is 12.8. The van der Waals surface area contributed by atoms with E-state index >= 15 is 4.39 Å². The molecule has 1 saturated carbocycles. The van der Waals surface area contributed by atoms with Crippen molar-refractivity contribution in [1.29, 1.82) is 5.26 Å². The van der Waals surface area contributed by atoms with Gasteiger partial charge in [0, 0.05) is 44.1 Å². The second-order valence-corrected chi connectivity index (χ2v) is 10.1. The first-order valence-corrected chi connectivity index (χ1v) is 13.2. The number of imidazole rings is 1. The van der Waals surface area contributed by atoms with E-state index in [1.165, 1.54) is 25.1 Å². The van der Waals surface area contributed by atoms with Crippen molar-refractivity contribution in [3.8, 4) is 17.6 Å². The maximum atomic E-state index is 15.4. The van der Waals surface area contributed by atoms with Gasteiger partial charge in [-0.25, -0.2) is 23.1 Å². The largest absolute Gasteiger partial charge is 0.497 e. The van der Waals surface area contributed by atoms with Crippen molar-refractivity contribution >= 4 is 34.3 Å². The van der Waals surface area contributed by atoms with Crippen LogP contribution in [0.2, 0.25) is 0 Å². The summed E-state index contributed by atoms with van der Waals surface area (Å²) in [5.41, 5.74) is 1.52. The van der Waals surface area contributed by atoms with Gasteiger partial charge in [-0.2, -0.15) is 5.26 Å². The van der Waals surface area contributed by atoms with Gasteiger partial charge in [-0.15, -0.1) is 0 Å². The van der Waals surface area contributed by atoms with E-state index in [0.29, 0.717) is 28.1 Å². The SMILES string of the molecule is COc1ccc(CN(C(=O)C2CC2)c2nc(N(C)c3c(F)cc(C#N)cc3CC(F)F)cc3c2ncn3C)c(OC)c1. The van der Waals surface area contributed by atoms with Crippen molar-refractivity contribution in [2.45, 2.75) is 32.2 Å². The zero-order valence-corrected chi connectivity index (χ0v) is 23.6. The molecule has 0 spiro atoms. The number of benzene rings is 2. The molecule has 0 atom stereocenters. The number of aromatic nitrogens is 3. The molecule has 4 aromatic rings. The van der Waals surface area contributed by atoms with Gasteiger partial charge in [-0.3, -0.25) is 9.69 Å². The highest BCUT2D eigenvalue weighted by Gasteiger charge is 2.36. The first-order valence-electron chi connectivity index (χ1n) is 13.2. The minimum atomic E-state index is -2.76. The highest BCUT2D eigenvalue weighted by Crippen LogP contribution is 2.39. The van der Waals surface area contributed by atoms with Crippen LogP contribution in [0.1, 0.15) is 29.5 Å². The Hall–Kier alpha value is -4.79. The van der Waals surface area contributed by atoms with E-state index in [1.807, 2.05) is 6.07 Å². The Morgan fingerprint density at radius 1 is 1.17 bits per heavy atom. The molecular formula is C30H29F3N6O3. The number of alkyl halides is 2. The maximum Gasteiger partial charge on any atom is 0.242 e. The number of carbonyl (C=O) groups is 1. The lowest BCUT2D eigenvalue weighted by molar-refractivity contribution is -0.119. The molecule has 0 bridgehead atoms. The molecule has 2 heterocycles. The lowest BCUT2D eigenvalue weighted by atomic mass is 10.0. The van der Waals surface area contributed by atoms with Crippen LogP contribution in [0, 0.1) is 23.1 Å². The van der Waals surface area contributed by atoms with Crippen molar-refractivity contribution in [3.63, 3.8) is 0 Å². The lowest BCUT2D eigenvalue weighted by Gasteiger charge is -2.27. The van der Waals surface area contributed by atoms with E-state index in [9.17, 15) is 18.8 Å². The molecule has 2 aromatic heterocycles. The van der Waals surface area contributed by atoms with Gasteiger partial charge in [0.15, 0.2) is 5.82 Å². The second kappa shape index (κ2) is 11.6. The molecule has 9 nitrogen and oxygen atoms in total. The summed E-state index contributed by atoms with van der Waals surface area (Å²) in [6.45, 7) is 0.107. The number of ether oxygens (including phenoxy) is 2. The van der Waals surface area contributed by atoms with Crippen LogP contribution in [-0.2, 0) is 24.8 Å². The monoisotopic (exact) mass is 578 g/mol. The van der Waals surface area contributed by atoms with E-state index in [2.05, 4.69) is 4.98 Å². The Labute approximate surface area is 240 Å². The maximum absolute atomic E-state index is 15.4. The van der Waals surface area contributed by atoms with Crippen molar-refractivity contribution in [2.24, 2.45) is 13.0 Å². The molecule has 0 aliphatic heterocycles. The number of hydrogen-bond acceptors (Lipinski definition) is 7. The van der Waals surface area contributed by atoms with Gasteiger partial charge in [-0.1, -0.05) is 0 Å². The fourth-order valence-electron chi connectivity index (χ4n) is 4.95. The average molecular weight is 579 g/mol. The van der Waals surface area contributed by atoms with Gasteiger partial charge >= 0.3 is 0 Å². The molecule has 1 aliphatic carbocycles. The third-order valence-electron chi connectivity index (χ3n) is 7.28. The molecule has 12 heteroatoms. The Bertz CT molecular complexity index is 1700. The van der Waals surface area contributed by atoms with Gasteiger partial charge in [-0.05, 0) is 42.7 Å². The molecule has 1 fully saturated rings. The van der Waals surface area contributed by atoms with Crippen LogP contribution in [0.3, 0.4) is 0 Å². The smallest absolute Gasteiger partial charge is 0.242 e. The molecule has 42 heavy (non-hydrogen) atoms. The highest BCUT2D eigenvalue weighted by molar-refractivity contribution is 6.02. The highest BCUT2D eigenvalue weighted by atomic mass is 19.3. The molecule has 0 saturated heterocycles. The summed E-state index contributed by atoms with van der Waals surface area (Å²) in [5.74, 6) is 0.400. The quantitative estimate of drug-likeness (QED) is 0.245. The number of rotatable bonds is 10. The standard InChI is InChI=1S/C30H29F3N6O3/c1-37-16-35-27-23(37)13-26(38(2)28-20(11-25(32)33)9-17(14-34)10-22(28)31)36-29(27)39(30(40)18-5-6-18)15-19-7-8-21(41-3)12-24(19)42-4/h7-10,12-13,16,18,25H,5-6,11,15H2,1-4H3. The van der Waals surface area contributed by atoms with E-state index in [-0.39, 0.29) is 46.8 Å². The van der Waals surface area contributed by atoms with Gasteiger partial charge in [0.2, 0.25) is 12.3 Å². The van der Waals surface area contributed by atoms with Crippen LogP contribution < -0.4 is 19.3 Å². The number of pyridine rings is 1. The summed E-state index contributed by atoms with van der Waals surface area (Å²) in [5, 5.41) is 9.29. The number of amides is 1. The minimum absolute atomic E-state index is 0.0358. The molecule has 1 aliphatic rings. The topological polar surface area (TPSA) is 96.5 Å². The van der Waals surface area contributed by atoms with Crippen molar-refractivity contribution < 1.29 is 27.4 Å². The van der Waals surface area contributed by atoms with Crippen LogP contribution >= 0.6 is 0 Å². The Morgan fingerprint density at radius 3 is 2.57 bits per heavy atom. The number of halogens is 3. The van der Waals surface area contributed by atoms with Gasteiger partial charge in [0.1, 0.15) is 28.7 Å².